The molecule has 1 amide bonds. The van der Waals surface area contributed by atoms with Crippen molar-refractivity contribution in [2.24, 2.45) is 0 Å². The molecule has 1 atom stereocenters. The molecule has 1 aliphatic carbocycles. The van der Waals surface area contributed by atoms with Gasteiger partial charge >= 0.3 is 0 Å². The van der Waals surface area contributed by atoms with E-state index in [0.29, 0.717) is 12.5 Å². The summed E-state index contributed by atoms with van der Waals surface area (Å²) in [6.07, 6.45) is 9.32. The van der Waals surface area contributed by atoms with E-state index in [1.165, 1.54) is 11.1 Å². The molecule has 3 aliphatic rings. The average molecular weight is 380 g/mol. The van der Waals surface area contributed by atoms with E-state index in [-0.39, 0.29) is 17.4 Å². The van der Waals surface area contributed by atoms with E-state index < -0.39 is 0 Å². The normalized spacial score (nSPS) is 23.8. The third-order valence-electron chi connectivity index (χ3n) is 6.43. The van der Waals surface area contributed by atoms with Crippen LogP contribution in [0.2, 0.25) is 0 Å². The minimum absolute atomic E-state index is 0.147. The number of carbonyl (C=O) groups excluding carboxylic acids is 1. The zero-order chi connectivity index (χ0) is 19.0. The molecule has 1 aromatic carbocycles. The van der Waals surface area contributed by atoms with E-state index in [1.807, 2.05) is 18.4 Å². The Balaban J connectivity index is 1.28. The molecule has 5 nitrogen and oxygen atoms in total. The third-order valence-corrected chi connectivity index (χ3v) is 6.43. The summed E-state index contributed by atoms with van der Waals surface area (Å²) >= 11 is 0. The molecule has 5 rings (SSSR count). The monoisotopic (exact) mass is 380 g/mol. The van der Waals surface area contributed by atoms with Gasteiger partial charge in [-0.05, 0) is 49.8 Å². The number of hydrogen-bond acceptors (Lipinski definition) is 4. The van der Waals surface area contributed by atoms with Gasteiger partial charge in [-0.3, -0.25) is 9.69 Å². The highest BCUT2D eigenvalue weighted by atomic mass is 16.5. The van der Waals surface area contributed by atoms with E-state index in [9.17, 15) is 4.79 Å². The Labute approximate surface area is 166 Å². The topological polar surface area (TPSA) is 54.7 Å². The highest BCUT2D eigenvalue weighted by molar-refractivity contribution is 5.77. The fourth-order valence-electron chi connectivity index (χ4n) is 4.73. The van der Waals surface area contributed by atoms with Crippen LogP contribution in [0.4, 0.5) is 0 Å². The van der Waals surface area contributed by atoms with Gasteiger partial charge in [0.25, 0.3) is 0 Å². The number of piperidine rings is 1. The van der Waals surface area contributed by atoms with Crippen LogP contribution in [0.5, 0.6) is 5.75 Å². The number of benzene rings is 1. The largest absolute Gasteiger partial charge is 0.487 e. The predicted octanol–water partition coefficient (Wildman–Crippen LogP) is 3.85. The van der Waals surface area contributed by atoms with Crippen molar-refractivity contribution in [2.75, 3.05) is 13.1 Å². The summed E-state index contributed by atoms with van der Waals surface area (Å²) < 4.78 is 11.8. The Kier molecular flexibility index (Phi) is 4.63. The number of carbonyl (C=O) groups is 1. The first-order chi connectivity index (χ1) is 13.7. The maximum Gasteiger partial charge on any atom is 0.220 e. The summed E-state index contributed by atoms with van der Waals surface area (Å²) in [5.74, 6) is 1.40. The molecular weight excluding hydrogens is 352 g/mol. The number of fused-ring (bicyclic) bond motifs is 1. The van der Waals surface area contributed by atoms with Gasteiger partial charge in [0.15, 0.2) is 0 Å². The van der Waals surface area contributed by atoms with E-state index in [4.69, 9.17) is 9.15 Å². The van der Waals surface area contributed by atoms with Crippen molar-refractivity contribution in [3.8, 4) is 5.75 Å². The summed E-state index contributed by atoms with van der Waals surface area (Å²) in [5.41, 5.74) is 2.27. The number of para-hydroxylation sites is 1. The zero-order valence-electron chi connectivity index (χ0n) is 16.2. The van der Waals surface area contributed by atoms with Crippen LogP contribution >= 0.6 is 0 Å². The molecule has 1 saturated carbocycles. The first-order valence-corrected chi connectivity index (χ1v) is 10.5. The Morgan fingerprint density at radius 2 is 2.00 bits per heavy atom. The lowest BCUT2D eigenvalue weighted by molar-refractivity contribution is -0.122. The standard InChI is InChI=1S/C23H28N2O3/c26-22(24-19-5-6-19)13-18-14-23(28-21-4-2-1-3-20(18)21)8-10-25(11-9-23)15-17-7-12-27-16-17/h1-4,7,12,16,18-19H,5-6,8-11,13-15H2,(H,24,26). The number of amides is 1. The van der Waals surface area contributed by atoms with Crippen molar-refractivity contribution in [1.82, 2.24) is 10.2 Å². The first kappa shape index (κ1) is 17.8. The molecule has 3 heterocycles. The smallest absolute Gasteiger partial charge is 0.220 e. The van der Waals surface area contributed by atoms with Crippen LogP contribution < -0.4 is 10.1 Å². The maximum atomic E-state index is 12.5. The number of rotatable bonds is 5. The number of hydrogen-bond donors (Lipinski definition) is 1. The number of nitrogens with one attached hydrogen (secondary N) is 1. The lowest BCUT2D eigenvalue weighted by atomic mass is 9.76. The molecule has 1 spiro atoms. The van der Waals surface area contributed by atoms with Crippen molar-refractivity contribution in [3.63, 3.8) is 0 Å². The average Bonchev–Trinajstić information content (AvgIpc) is 3.35. The van der Waals surface area contributed by atoms with Gasteiger partial charge in [0.1, 0.15) is 11.4 Å². The summed E-state index contributed by atoms with van der Waals surface area (Å²) in [7, 11) is 0. The number of ether oxygens (including phenoxy) is 1. The number of nitrogens with zero attached hydrogens (tertiary/aromatic N) is 1. The molecule has 1 aromatic heterocycles. The van der Waals surface area contributed by atoms with Gasteiger partial charge in [0, 0.05) is 43.6 Å². The van der Waals surface area contributed by atoms with Crippen molar-refractivity contribution >= 4 is 5.91 Å². The fourth-order valence-corrected chi connectivity index (χ4v) is 4.73. The van der Waals surface area contributed by atoms with Crippen LogP contribution in [0.3, 0.4) is 0 Å². The van der Waals surface area contributed by atoms with Crippen molar-refractivity contribution < 1.29 is 13.9 Å². The quantitative estimate of drug-likeness (QED) is 0.856. The van der Waals surface area contributed by atoms with Crippen LogP contribution in [0.15, 0.2) is 47.3 Å². The minimum Gasteiger partial charge on any atom is -0.487 e. The maximum absolute atomic E-state index is 12.5. The van der Waals surface area contributed by atoms with Gasteiger partial charge in [0.05, 0.1) is 12.5 Å². The lowest BCUT2D eigenvalue weighted by Crippen LogP contribution is -2.50. The van der Waals surface area contributed by atoms with E-state index in [0.717, 1.165) is 57.5 Å². The third kappa shape index (κ3) is 3.81. The van der Waals surface area contributed by atoms with Crippen molar-refractivity contribution in [1.29, 1.82) is 0 Å². The van der Waals surface area contributed by atoms with Gasteiger partial charge in [-0.25, -0.2) is 0 Å². The molecule has 28 heavy (non-hydrogen) atoms. The highest BCUT2D eigenvalue weighted by Gasteiger charge is 2.43. The van der Waals surface area contributed by atoms with Crippen LogP contribution in [-0.4, -0.2) is 35.5 Å². The molecule has 1 unspecified atom stereocenters. The molecule has 2 fully saturated rings. The Morgan fingerprint density at radius 3 is 2.75 bits per heavy atom. The molecule has 0 bridgehead atoms. The molecule has 5 heteroatoms. The molecule has 1 saturated heterocycles. The first-order valence-electron chi connectivity index (χ1n) is 10.5. The Morgan fingerprint density at radius 1 is 1.18 bits per heavy atom. The molecule has 0 radical (unpaired) electrons. The number of likely N-dealkylation sites (tertiary alicyclic amines) is 1. The van der Waals surface area contributed by atoms with Crippen molar-refractivity contribution in [3.05, 3.63) is 54.0 Å². The van der Waals surface area contributed by atoms with E-state index in [2.05, 4.69) is 28.4 Å². The Hall–Kier alpha value is -2.27. The van der Waals surface area contributed by atoms with E-state index in [1.54, 1.807) is 6.26 Å². The van der Waals surface area contributed by atoms with Gasteiger partial charge in [-0.15, -0.1) is 0 Å². The van der Waals surface area contributed by atoms with Crippen LogP contribution in [0, 0.1) is 0 Å². The highest BCUT2D eigenvalue weighted by Crippen LogP contribution is 2.46. The molecule has 148 valence electrons. The fraction of sp³-hybridized carbons (Fsp3) is 0.522. The molecule has 2 aliphatic heterocycles. The molecule has 1 N–H and O–H groups in total. The minimum atomic E-state index is -0.147. The second-order valence-electron chi connectivity index (χ2n) is 8.68. The van der Waals surface area contributed by atoms with Gasteiger partial charge in [-0.2, -0.15) is 0 Å². The Bertz CT molecular complexity index is 820. The van der Waals surface area contributed by atoms with Crippen LogP contribution in [-0.2, 0) is 11.3 Å². The molecular formula is C23H28N2O3. The lowest BCUT2D eigenvalue weighted by Gasteiger charge is -2.47. The van der Waals surface area contributed by atoms with E-state index >= 15 is 0 Å². The van der Waals surface area contributed by atoms with Crippen molar-refractivity contribution in [2.45, 2.75) is 62.6 Å². The zero-order valence-corrected chi connectivity index (χ0v) is 16.2. The van der Waals surface area contributed by atoms with Crippen LogP contribution in [0.25, 0.3) is 0 Å². The second-order valence-corrected chi connectivity index (χ2v) is 8.68. The van der Waals surface area contributed by atoms with Gasteiger partial charge in [-0.1, -0.05) is 18.2 Å². The SMILES string of the molecule is O=C(CC1CC2(CCN(Cc3ccoc3)CC2)Oc2ccccc21)NC1CC1. The summed E-state index contributed by atoms with van der Waals surface area (Å²) in [4.78, 5) is 15.0. The summed E-state index contributed by atoms with van der Waals surface area (Å²) in [6.45, 7) is 2.94. The van der Waals surface area contributed by atoms with Crippen LogP contribution in [0.1, 0.15) is 55.6 Å². The molecule has 2 aromatic rings. The predicted molar refractivity (Wildman–Crippen MR) is 106 cm³/mol. The van der Waals surface area contributed by atoms with Gasteiger partial charge < -0.3 is 14.5 Å². The second kappa shape index (κ2) is 7.28. The number of furan rings is 1. The van der Waals surface area contributed by atoms with Gasteiger partial charge in [0.2, 0.25) is 5.91 Å². The summed E-state index contributed by atoms with van der Waals surface area (Å²) in [5, 5.41) is 3.16. The summed E-state index contributed by atoms with van der Waals surface area (Å²) in [6, 6.07) is 10.7.